The van der Waals surface area contributed by atoms with Crippen molar-refractivity contribution in [3.05, 3.63) is 83.6 Å². The molecule has 8 rings (SSSR count). The van der Waals surface area contributed by atoms with E-state index in [0.29, 0.717) is 87.8 Å². The maximum absolute atomic E-state index is 11.8. The van der Waals surface area contributed by atoms with E-state index < -0.39 is 26.0 Å². The molecule has 18 heteroatoms. The number of carbonyl (C=O) groups excluding carboxylic acids is 1. The fraction of sp³-hybridized carbons (Fsp3) is 0.222. The molecule has 54 heavy (non-hydrogen) atoms. The minimum atomic E-state index is -4.69. The third-order valence-electron chi connectivity index (χ3n) is 9.43. The first kappa shape index (κ1) is 36.2. The molecular weight excluding hydrogens is 765 g/mol. The second-order valence-corrected chi connectivity index (χ2v) is 16.5. The van der Waals surface area contributed by atoms with Crippen LogP contribution in [0, 0.1) is 0 Å². The fourth-order valence-electron chi connectivity index (χ4n) is 7.04. The first-order valence-corrected chi connectivity index (χ1v) is 20.4. The van der Waals surface area contributed by atoms with Crippen LogP contribution in [0.5, 0.6) is 5.75 Å². The van der Waals surface area contributed by atoms with Crippen LogP contribution in [-0.2, 0) is 47.4 Å². The van der Waals surface area contributed by atoms with Crippen LogP contribution in [0.25, 0.3) is 50.2 Å². The maximum atomic E-state index is 11.8. The number of aldehydes is 1. The molecule has 0 fully saturated rings. The van der Waals surface area contributed by atoms with Crippen molar-refractivity contribution in [3.63, 3.8) is 0 Å². The summed E-state index contributed by atoms with van der Waals surface area (Å²) in [6.07, 6.45) is 4.62. The van der Waals surface area contributed by atoms with Crippen LogP contribution in [0.2, 0.25) is 0 Å². The molecule has 0 N–H and O–H groups in total. The number of unbranched alkanes of at least 4 members (excludes halogenated alkanes) is 2. The van der Waals surface area contributed by atoms with Crippen molar-refractivity contribution < 1.29 is 63.5 Å². The highest BCUT2D eigenvalue weighted by Crippen LogP contribution is 2.48. The van der Waals surface area contributed by atoms with Crippen molar-refractivity contribution >= 4 is 83.4 Å². The number of oxazole rings is 1. The van der Waals surface area contributed by atoms with E-state index in [4.69, 9.17) is 13.6 Å². The van der Waals surface area contributed by atoms with E-state index in [0.717, 1.165) is 40.2 Å². The summed E-state index contributed by atoms with van der Waals surface area (Å²) in [5.74, 6) is 0.452. The average molecular weight is 793 g/mol. The number of aryl methyl sites for hydroxylation is 1. The third kappa shape index (κ3) is 6.98. The Hall–Kier alpha value is -4.79. The Labute approximate surface area is 311 Å². The minimum Gasteiger partial charge on any atom is -0.748 e. The highest BCUT2D eigenvalue weighted by Gasteiger charge is 2.33. The first-order valence-electron chi connectivity index (χ1n) is 16.7. The standard InChI is InChI=1S/C36H30N2O13S3/c39-11-3-1-2-9-37-30-19-32-28(27-15-23(52-51-50-40)6-8-31(27)47-32)18-34(30)49-35(37)20-36-38(10-4-12-53(41,42)43)29-14-22-13-21-5-7-24(54(44,45)46)16-25(21)26(22)17-33(29)48-36/h5-8,11,14-20H,1-4,9-10,12-13H2,(H2-,40,41,42,43,44,45,46)/p-2. The third-order valence-corrected chi connectivity index (χ3v) is 11.6. The van der Waals surface area contributed by atoms with Crippen LogP contribution in [0.4, 0.5) is 5.69 Å². The van der Waals surface area contributed by atoms with Gasteiger partial charge in [-0.15, -0.1) is 0 Å². The number of ether oxygens (including phenoxy) is 1. The molecule has 0 unspecified atom stereocenters. The number of nitrogens with zero attached hydrogens (tertiary/aromatic N) is 2. The summed E-state index contributed by atoms with van der Waals surface area (Å²) in [6, 6.07) is 16.8. The second-order valence-electron chi connectivity index (χ2n) is 12.8. The fourth-order valence-corrected chi connectivity index (χ4v) is 8.42. The lowest BCUT2D eigenvalue weighted by Gasteiger charge is -2.19. The zero-order valence-corrected chi connectivity index (χ0v) is 30.5. The van der Waals surface area contributed by atoms with Gasteiger partial charge in [0.1, 0.15) is 33.6 Å². The number of anilines is 1. The molecule has 0 amide bonds. The van der Waals surface area contributed by atoms with E-state index in [9.17, 15) is 36.0 Å². The quantitative estimate of drug-likeness (QED) is 0.0274. The molecule has 0 saturated heterocycles. The minimum absolute atomic E-state index is 0.00441. The van der Waals surface area contributed by atoms with Crippen LogP contribution in [0.3, 0.4) is 0 Å². The highest BCUT2D eigenvalue weighted by atomic mass is 32.2. The summed E-state index contributed by atoms with van der Waals surface area (Å²) in [4.78, 5) is 13.1. The Bertz CT molecular complexity index is 2740. The molecule has 0 radical (unpaired) electrons. The van der Waals surface area contributed by atoms with Crippen molar-refractivity contribution in [1.82, 2.24) is 0 Å². The number of furan rings is 1. The Morgan fingerprint density at radius 3 is 2.46 bits per heavy atom. The van der Waals surface area contributed by atoms with Crippen molar-refractivity contribution in [1.29, 1.82) is 0 Å². The van der Waals surface area contributed by atoms with Gasteiger partial charge in [-0.25, -0.2) is 16.8 Å². The van der Waals surface area contributed by atoms with Crippen molar-refractivity contribution in [2.24, 2.45) is 0 Å². The monoisotopic (exact) mass is 792 g/mol. The van der Waals surface area contributed by atoms with E-state index in [-0.39, 0.29) is 23.7 Å². The summed E-state index contributed by atoms with van der Waals surface area (Å²) in [7, 11) is -9.20. The van der Waals surface area contributed by atoms with Gasteiger partial charge in [0, 0.05) is 40.8 Å². The van der Waals surface area contributed by atoms with Gasteiger partial charge in [-0.2, -0.15) is 8.90 Å². The molecular formula is C36H28N2O13S3-2. The van der Waals surface area contributed by atoms with Gasteiger partial charge in [0.05, 0.1) is 38.8 Å². The average Bonchev–Trinajstić information content (AvgIpc) is 3.86. The summed E-state index contributed by atoms with van der Waals surface area (Å²) < 4.78 is 95.5. The Balaban J connectivity index is 1.22. The molecule has 0 spiro atoms. The second kappa shape index (κ2) is 14.1. The molecule has 15 nitrogen and oxygen atoms in total. The maximum Gasteiger partial charge on any atom is 0.379 e. The van der Waals surface area contributed by atoms with E-state index in [1.54, 1.807) is 41.3 Å². The molecule has 2 aliphatic rings. The highest BCUT2D eigenvalue weighted by molar-refractivity contribution is 7.94. The SMILES string of the molecule is O=CCCCC[n+]1c(C=C2Oc3cc4c(cc3N2CCCS(=O)(=O)[O-])Cc2ccc(S(=O)(=O)[O-])cc2-4)oc2cc3c(cc21)oc1ccc(SOO[O-])cc13. The first-order chi connectivity index (χ1) is 25.9. The predicted octanol–water partition coefficient (Wildman–Crippen LogP) is 4.83. The largest absolute Gasteiger partial charge is 0.748 e. The summed E-state index contributed by atoms with van der Waals surface area (Å²) in [5.41, 5.74) is 5.91. The number of fused-ring (bicyclic) bond motifs is 8. The van der Waals surface area contributed by atoms with Crippen LogP contribution >= 0.6 is 12.0 Å². The van der Waals surface area contributed by atoms with Crippen LogP contribution in [0.15, 0.2) is 85.2 Å². The number of aromatic nitrogens is 1. The van der Waals surface area contributed by atoms with Gasteiger partial charge in [0.25, 0.3) is 5.52 Å². The van der Waals surface area contributed by atoms with Gasteiger partial charge < -0.3 is 37.6 Å². The Morgan fingerprint density at radius 1 is 0.870 bits per heavy atom. The van der Waals surface area contributed by atoms with Gasteiger partial charge in [0.15, 0.2) is 12.3 Å². The number of rotatable bonds is 14. The van der Waals surface area contributed by atoms with Gasteiger partial charge in [0.2, 0.25) is 11.5 Å². The van der Waals surface area contributed by atoms with Crippen molar-refractivity contribution in [2.45, 2.75) is 48.4 Å². The summed E-state index contributed by atoms with van der Waals surface area (Å²) in [5, 5.41) is 15.3. The molecule has 3 heterocycles. The number of hydrogen-bond donors (Lipinski definition) is 0. The number of carbonyl (C=O) groups is 1. The van der Waals surface area contributed by atoms with Gasteiger partial charge in [-0.05, 0) is 90.0 Å². The summed E-state index contributed by atoms with van der Waals surface area (Å²) in [6.45, 7) is 0.557. The van der Waals surface area contributed by atoms with Crippen LogP contribution in [0.1, 0.15) is 42.7 Å². The Morgan fingerprint density at radius 2 is 1.69 bits per heavy atom. The predicted molar refractivity (Wildman–Crippen MR) is 189 cm³/mol. The van der Waals surface area contributed by atoms with E-state index >= 15 is 0 Å². The van der Waals surface area contributed by atoms with Crippen LogP contribution < -0.4 is 19.5 Å². The van der Waals surface area contributed by atoms with Crippen molar-refractivity contribution in [2.75, 3.05) is 17.2 Å². The van der Waals surface area contributed by atoms with Gasteiger partial charge in [-0.1, -0.05) is 6.07 Å². The summed E-state index contributed by atoms with van der Waals surface area (Å²) >= 11 is 0.752. The van der Waals surface area contributed by atoms with Gasteiger partial charge in [-0.3, -0.25) is 5.04 Å². The topological polar surface area (TPSA) is 216 Å². The molecule has 6 aromatic rings. The lowest BCUT2D eigenvalue weighted by atomic mass is 10.0. The van der Waals surface area contributed by atoms with E-state index in [1.165, 1.54) is 12.1 Å². The smallest absolute Gasteiger partial charge is 0.379 e. The molecule has 1 aliphatic carbocycles. The van der Waals surface area contributed by atoms with Gasteiger partial charge >= 0.3 is 5.89 Å². The molecule has 1 aliphatic heterocycles. The zero-order valence-electron chi connectivity index (χ0n) is 28.0. The zero-order chi connectivity index (χ0) is 37.8. The molecule has 0 atom stereocenters. The van der Waals surface area contributed by atoms with E-state index in [1.807, 2.05) is 22.8 Å². The normalized spacial score (nSPS) is 14.6. The number of hydrogen-bond acceptors (Lipinski definition) is 15. The number of benzene rings is 4. The lowest BCUT2D eigenvalue weighted by Crippen LogP contribution is -2.36. The van der Waals surface area contributed by atoms with Crippen LogP contribution in [-0.4, -0.2) is 44.5 Å². The Kier molecular flexibility index (Phi) is 9.47. The van der Waals surface area contributed by atoms with E-state index in [2.05, 4.69) is 9.37 Å². The molecule has 2 aromatic heterocycles. The molecule has 280 valence electrons. The van der Waals surface area contributed by atoms with Crippen molar-refractivity contribution in [3.8, 4) is 16.9 Å². The molecule has 4 aromatic carbocycles. The molecule has 0 saturated carbocycles. The molecule has 0 bridgehead atoms. The lowest BCUT2D eigenvalue weighted by molar-refractivity contribution is -0.777.